The van der Waals surface area contributed by atoms with E-state index in [-0.39, 0.29) is 0 Å². The summed E-state index contributed by atoms with van der Waals surface area (Å²) in [5.41, 5.74) is -0.866. The highest BCUT2D eigenvalue weighted by molar-refractivity contribution is 4.98. The standard InChI is InChI=1S/C13H25FN2/c1-4-13(14)9-16(10-13)12-5-7-15(8-6-12)11(2)3/h11-12H,4-10H2,1-3H3. The van der Waals surface area contributed by atoms with Crippen LogP contribution in [0.1, 0.15) is 40.0 Å². The summed E-state index contributed by atoms with van der Waals surface area (Å²) in [7, 11) is 0. The van der Waals surface area contributed by atoms with Crippen molar-refractivity contribution in [1.29, 1.82) is 0 Å². The molecular weight excluding hydrogens is 203 g/mol. The minimum atomic E-state index is -0.866. The van der Waals surface area contributed by atoms with Gasteiger partial charge in [0.1, 0.15) is 5.67 Å². The second kappa shape index (κ2) is 4.61. The molecule has 0 aromatic heterocycles. The van der Waals surface area contributed by atoms with E-state index >= 15 is 0 Å². The minimum absolute atomic E-state index is 0.644. The van der Waals surface area contributed by atoms with Crippen molar-refractivity contribution in [1.82, 2.24) is 9.80 Å². The Kier molecular flexibility index (Phi) is 3.55. The van der Waals surface area contributed by atoms with Crippen LogP contribution in [0.25, 0.3) is 0 Å². The van der Waals surface area contributed by atoms with E-state index in [1.54, 1.807) is 0 Å². The Morgan fingerprint density at radius 1 is 1.25 bits per heavy atom. The highest BCUT2D eigenvalue weighted by Crippen LogP contribution is 2.33. The maximum absolute atomic E-state index is 13.8. The van der Waals surface area contributed by atoms with E-state index in [2.05, 4.69) is 23.6 Å². The van der Waals surface area contributed by atoms with Gasteiger partial charge in [-0.2, -0.15) is 0 Å². The number of hydrogen-bond donors (Lipinski definition) is 0. The zero-order chi connectivity index (χ0) is 11.8. The van der Waals surface area contributed by atoms with Crippen molar-refractivity contribution in [3.63, 3.8) is 0 Å². The number of halogens is 1. The van der Waals surface area contributed by atoms with Gasteiger partial charge in [-0.1, -0.05) is 6.92 Å². The molecule has 2 aliphatic heterocycles. The average molecular weight is 228 g/mol. The van der Waals surface area contributed by atoms with Crippen molar-refractivity contribution in [3.05, 3.63) is 0 Å². The highest BCUT2D eigenvalue weighted by Gasteiger charge is 2.44. The number of piperidine rings is 1. The zero-order valence-electron chi connectivity index (χ0n) is 10.9. The molecule has 2 fully saturated rings. The Morgan fingerprint density at radius 3 is 2.25 bits per heavy atom. The summed E-state index contributed by atoms with van der Waals surface area (Å²) in [6.45, 7) is 10.2. The zero-order valence-corrected chi connectivity index (χ0v) is 10.9. The maximum atomic E-state index is 13.8. The van der Waals surface area contributed by atoms with Crippen molar-refractivity contribution < 1.29 is 4.39 Å². The Bertz CT molecular complexity index is 228. The molecule has 0 aliphatic carbocycles. The predicted octanol–water partition coefficient (Wildman–Crippen LogP) is 2.29. The molecular formula is C13H25FN2. The maximum Gasteiger partial charge on any atom is 0.136 e. The first kappa shape index (κ1) is 12.3. The van der Waals surface area contributed by atoms with Crippen LogP contribution in [-0.4, -0.2) is 53.7 Å². The third-order valence-corrected chi connectivity index (χ3v) is 4.35. The van der Waals surface area contributed by atoms with Crippen LogP contribution in [0.5, 0.6) is 0 Å². The SMILES string of the molecule is CCC1(F)CN(C2CCN(C(C)C)CC2)C1. The van der Waals surface area contributed by atoms with Crippen LogP contribution in [0.3, 0.4) is 0 Å². The molecule has 16 heavy (non-hydrogen) atoms. The smallest absolute Gasteiger partial charge is 0.136 e. The summed E-state index contributed by atoms with van der Waals surface area (Å²) >= 11 is 0. The second-order valence-electron chi connectivity index (χ2n) is 5.77. The van der Waals surface area contributed by atoms with Crippen LogP contribution in [0.4, 0.5) is 4.39 Å². The average Bonchev–Trinajstić information content (AvgIpc) is 2.25. The summed E-state index contributed by atoms with van der Waals surface area (Å²) in [5.74, 6) is 0. The molecule has 0 saturated carbocycles. The molecule has 0 aromatic carbocycles. The third kappa shape index (κ3) is 2.40. The Balaban J connectivity index is 1.75. The van der Waals surface area contributed by atoms with Crippen LogP contribution in [0.15, 0.2) is 0 Å². The lowest BCUT2D eigenvalue weighted by molar-refractivity contribution is -0.0726. The molecule has 2 aliphatic rings. The van der Waals surface area contributed by atoms with Gasteiger partial charge in [0.2, 0.25) is 0 Å². The van der Waals surface area contributed by atoms with Crippen LogP contribution in [0, 0.1) is 0 Å². The fraction of sp³-hybridized carbons (Fsp3) is 1.00. The molecule has 0 radical (unpaired) electrons. The van der Waals surface area contributed by atoms with Crippen molar-refractivity contribution in [2.45, 2.75) is 57.8 Å². The van der Waals surface area contributed by atoms with E-state index in [1.165, 1.54) is 25.9 Å². The van der Waals surface area contributed by atoms with Gasteiger partial charge in [-0.3, -0.25) is 4.90 Å². The lowest BCUT2D eigenvalue weighted by Crippen LogP contribution is -2.63. The molecule has 3 heteroatoms. The molecule has 0 aromatic rings. The van der Waals surface area contributed by atoms with Gasteiger partial charge in [0.25, 0.3) is 0 Å². The molecule has 0 bridgehead atoms. The Hall–Kier alpha value is -0.150. The summed E-state index contributed by atoms with van der Waals surface area (Å²) in [5, 5.41) is 0. The monoisotopic (exact) mass is 228 g/mol. The highest BCUT2D eigenvalue weighted by atomic mass is 19.1. The Morgan fingerprint density at radius 2 is 1.81 bits per heavy atom. The number of hydrogen-bond acceptors (Lipinski definition) is 2. The fourth-order valence-corrected chi connectivity index (χ4v) is 2.93. The number of rotatable bonds is 3. The molecule has 0 N–H and O–H groups in total. The summed E-state index contributed by atoms with van der Waals surface area (Å²) in [6.07, 6.45) is 3.12. The van der Waals surface area contributed by atoms with E-state index < -0.39 is 5.67 Å². The van der Waals surface area contributed by atoms with Crippen molar-refractivity contribution >= 4 is 0 Å². The lowest BCUT2D eigenvalue weighted by atomic mass is 9.89. The van der Waals surface area contributed by atoms with Gasteiger partial charge in [-0.15, -0.1) is 0 Å². The van der Waals surface area contributed by atoms with Gasteiger partial charge in [0, 0.05) is 25.2 Å². The summed E-state index contributed by atoms with van der Waals surface area (Å²) in [4.78, 5) is 4.87. The van der Waals surface area contributed by atoms with Gasteiger partial charge in [-0.25, -0.2) is 4.39 Å². The molecule has 0 spiro atoms. The number of alkyl halides is 1. The fourth-order valence-electron chi connectivity index (χ4n) is 2.93. The third-order valence-electron chi connectivity index (χ3n) is 4.35. The van der Waals surface area contributed by atoms with Gasteiger partial charge in [-0.05, 0) is 46.2 Å². The van der Waals surface area contributed by atoms with Crippen LogP contribution < -0.4 is 0 Å². The van der Waals surface area contributed by atoms with E-state index in [0.717, 1.165) is 0 Å². The van der Waals surface area contributed by atoms with Gasteiger partial charge in [0.15, 0.2) is 0 Å². The summed E-state index contributed by atoms with van der Waals surface area (Å²) < 4.78 is 13.8. The number of likely N-dealkylation sites (tertiary alicyclic amines) is 2. The van der Waals surface area contributed by atoms with Crippen LogP contribution >= 0.6 is 0 Å². The topological polar surface area (TPSA) is 6.48 Å². The van der Waals surface area contributed by atoms with Gasteiger partial charge < -0.3 is 4.90 Å². The molecule has 0 amide bonds. The van der Waals surface area contributed by atoms with E-state index in [4.69, 9.17) is 0 Å². The van der Waals surface area contributed by atoms with Crippen molar-refractivity contribution in [3.8, 4) is 0 Å². The molecule has 94 valence electrons. The molecule has 2 heterocycles. The molecule has 2 rings (SSSR count). The predicted molar refractivity (Wildman–Crippen MR) is 65.4 cm³/mol. The van der Waals surface area contributed by atoms with Gasteiger partial charge in [0.05, 0.1) is 0 Å². The van der Waals surface area contributed by atoms with E-state index in [9.17, 15) is 4.39 Å². The first-order chi connectivity index (χ1) is 7.54. The van der Waals surface area contributed by atoms with Crippen molar-refractivity contribution in [2.75, 3.05) is 26.2 Å². The van der Waals surface area contributed by atoms with Crippen LogP contribution in [0.2, 0.25) is 0 Å². The minimum Gasteiger partial charge on any atom is -0.301 e. The lowest BCUT2D eigenvalue weighted by Gasteiger charge is -2.50. The number of nitrogens with zero attached hydrogens (tertiary/aromatic N) is 2. The summed E-state index contributed by atoms with van der Waals surface area (Å²) in [6, 6.07) is 1.30. The Labute approximate surface area is 98.8 Å². The molecule has 2 saturated heterocycles. The van der Waals surface area contributed by atoms with E-state index in [1.807, 2.05) is 6.92 Å². The first-order valence-electron chi connectivity index (χ1n) is 6.71. The van der Waals surface area contributed by atoms with Crippen LogP contribution in [-0.2, 0) is 0 Å². The molecule has 0 unspecified atom stereocenters. The quantitative estimate of drug-likeness (QED) is 0.731. The van der Waals surface area contributed by atoms with Gasteiger partial charge >= 0.3 is 0 Å². The second-order valence-corrected chi connectivity index (χ2v) is 5.77. The molecule has 2 nitrogen and oxygen atoms in total. The normalized spacial score (nSPS) is 28.3. The largest absolute Gasteiger partial charge is 0.301 e. The first-order valence-corrected chi connectivity index (χ1v) is 6.71. The van der Waals surface area contributed by atoms with E-state index in [0.29, 0.717) is 31.6 Å². The molecule has 0 atom stereocenters. The van der Waals surface area contributed by atoms with Crippen molar-refractivity contribution in [2.24, 2.45) is 0 Å².